The first-order chi connectivity index (χ1) is 12.7. The summed E-state index contributed by atoms with van der Waals surface area (Å²) in [5, 5.41) is 3.25. The molecule has 6 nitrogen and oxygen atoms in total. The third-order valence-electron chi connectivity index (χ3n) is 6.21. The zero-order chi connectivity index (χ0) is 18.1. The van der Waals surface area contributed by atoms with E-state index in [1.807, 2.05) is 0 Å². The van der Waals surface area contributed by atoms with E-state index in [0.717, 1.165) is 25.9 Å². The summed E-state index contributed by atoms with van der Waals surface area (Å²) in [5.74, 6) is 0.774. The van der Waals surface area contributed by atoms with Crippen molar-refractivity contribution in [2.45, 2.75) is 50.4 Å². The first-order valence-electron chi connectivity index (χ1n) is 9.72. The predicted molar refractivity (Wildman–Crippen MR) is 98.4 cm³/mol. The number of amides is 1. The number of rotatable bonds is 6. The molecule has 0 spiro atoms. The number of methoxy groups -OCH3 is 1. The molecule has 3 N–H and O–H groups in total. The lowest BCUT2D eigenvalue weighted by molar-refractivity contribution is -0.131. The quantitative estimate of drug-likeness (QED) is 0.715. The number of benzene rings is 1. The van der Waals surface area contributed by atoms with E-state index in [1.165, 1.54) is 11.1 Å². The van der Waals surface area contributed by atoms with Crippen LogP contribution in [-0.2, 0) is 20.7 Å². The molecule has 26 heavy (non-hydrogen) atoms. The number of hydrazine groups is 1. The third kappa shape index (κ3) is 3.27. The van der Waals surface area contributed by atoms with Crippen LogP contribution in [0, 0.1) is 11.8 Å². The van der Waals surface area contributed by atoms with Crippen molar-refractivity contribution >= 4 is 5.91 Å². The standard InChI is InChI=1S/C20H29N3O3/c1-3-12-4-6-13(7-5-12)16-10-17(23-22-16)20(24)21-18-14-8-9-26-19(14)15(18)11-25-2/h4-7,14-19,22-23H,3,8-11H2,1-2H3,(H,21,24)/t14-,15+,16?,17?,18-,19-/m0/s1. The number of hydrogen-bond acceptors (Lipinski definition) is 5. The summed E-state index contributed by atoms with van der Waals surface area (Å²) in [4.78, 5) is 12.8. The molecule has 1 saturated carbocycles. The summed E-state index contributed by atoms with van der Waals surface area (Å²) < 4.78 is 11.1. The van der Waals surface area contributed by atoms with Gasteiger partial charge >= 0.3 is 0 Å². The van der Waals surface area contributed by atoms with Gasteiger partial charge in [0.05, 0.1) is 12.7 Å². The minimum atomic E-state index is -0.213. The Labute approximate surface area is 155 Å². The number of fused-ring (bicyclic) bond motifs is 1. The Balaban J connectivity index is 1.34. The number of nitrogens with one attached hydrogen (secondary N) is 3. The summed E-state index contributed by atoms with van der Waals surface area (Å²) >= 11 is 0. The first kappa shape index (κ1) is 17.9. The highest BCUT2D eigenvalue weighted by Gasteiger charge is 2.54. The van der Waals surface area contributed by atoms with Crippen LogP contribution in [0.3, 0.4) is 0 Å². The summed E-state index contributed by atoms with van der Waals surface area (Å²) in [5.41, 5.74) is 8.99. The summed E-state index contributed by atoms with van der Waals surface area (Å²) in [7, 11) is 1.71. The molecule has 4 rings (SSSR count). The van der Waals surface area contributed by atoms with E-state index in [0.29, 0.717) is 12.5 Å². The van der Waals surface area contributed by atoms with Crippen molar-refractivity contribution in [3.05, 3.63) is 35.4 Å². The normalized spacial score (nSPS) is 35.8. The fourth-order valence-corrected chi connectivity index (χ4v) is 4.63. The lowest BCUT2D eigenvalue weighted by Crippen LogP contribution is -2.64. The summed E-state index contributed by atoms with van der Waals surface area (Å²) in [6.07, 6.45) is 3.07. The highest BCUT2D eigenvalue weighted by Crippen LogP contribution is 2.43. The molecule has 0 bridgehead atoms. The van der Waals surface area contributed by atoms with E-state index in [9.17, 15) is 4.79 Å². The van der Waals surface area contributed by atoms with Gasteiger partial charge in [-0.25, -0.2) is 10.9 Å². The zero-order valence-corrected chi connectivity index (χ0v) is 15.5. The molecule has 1 amide bonds. The first-order valence-corrected chi connectivity index (χ1v) is 9.72. The van der Waals surface area contributed by atoms with E-state index in [4.69, 9.17) is 9.47 Å². The number of aryl methyl sites for hydroxylation is 1. The van der Waals surface area contributed by atoms with Crippen LogP contribution >= 0.6 is 0 Å². The molecule has 3 aliphatic rings. The van der Waals surface area contributed by atoms with Gasteiger partial charge < -0.3 is 14.8 Å². The van der Waals surface area contributed by atoms with Crippen LogP contribution in [0.5, 0.6) is 0 Å². The SMILES string of the molecule is CCc1ccc(C2CC(C(=O)N[C@@H]3[C@@H](COC)[C@H]4OCC[C@@H]34)NN2)cc1. The lowest BCUT2D eigenvalue weighted by atomic mass is 9.67. The number of carbonyl (C=O) groups excluding carboxylic acids is 1. The Morgan fingerprint density at radius 1 is 1.31 bits per heavy atom. The van der Waals surface area contributed by atoms with Crippen LogP contribution in [0.15, 0.2) is 24.3 Å². The number of ether oxygens (including phenoxy) is 2. The van der Waals surface area contributed by atoms with Crippen molar-refractivity contribution in [1.82, 2.24) is 16.2 Å². The fourth-order valence-electron chi connectivity index (χ4n) is 4.63. The molecule has 1 aliphatic carbocycles. The molecule has 6 atom stereocenters. The maximum atomic E-state index is 12.8. The van der Waals surface area contributed by atoms with E-state index in [1.54, 1.807) is 7.11 Å². The van der Waals surface area contributed by atoms with Gasteiger partial charge in [-0.15, -0.1) is 0 Å². The molecule has 0 aromatic heterocycles. The number of hydrogen-bond donors (Lipinski definition) is 3. The minimum absolute atomic E-state index is 0.0710. The largest absolute Gasteiger partial charge is 0.384 e. The average molecular weight is 359 g/mol. The van der Waals surface area contributed by atoms with Crippen molar-refractivity contribution in [2.24, 2.45) is 11.8 Å². The minimum Gasteiger partial charge on any atom is -0.384 e. The molecule has 1 aromatic carbocycles. The summed E-state index contributed by atoms with van der Waals surface area (Å²) in [6, 6.07) is 8.74. The van der Waals surface area contributed by atoms with E-state index in [-0.39, 0.29) is 36.1 Å². The molecule has 2 saturated heterocycles. The molecular weight excluding hydrogens is 330 g/mol. The van der Waals surface area contributed by atoms with Gasteiger partial charge in [0, 0.05) is 37.6 Å². The topological polar surface area (TPSA) is 71.6 Å². The Hall–Kier alpha value is -1.47. The van der Waals surface area contributed by atoms with E-state index in [2.05, 4.69) is 47.4 Å². The van der Waals surface area contributed by atoms with Gasteiger partial charge in [-0.2, -0.15) is 0 Å². The maximum absolute atomic E-state index is 12.8. The van der Waals surface area contributed by atoms with Crippen molar-refractivity contribution in [3.8, 4) is 0 Å². The van der Waals surface area contributed by atoms with Crippen LogP contribution < -0.4 is 16.2 Å². The van der Waals surface area contributed by atoms with Gasteiger partial charge in [-0.3, -0.25) is 4.79 Å². The van der Waals surface area contributed by atoms with Gasteiger partial charge in [0.1, 0.15) is 6.04 Å². The number of carbonyl (C=O) groups is 1. The second-order valence-corrected chi connectivity index (χ2v) is 7.67. The van der Waals surface area contributed by atoms with Gasteiger partial charge in [0.15, 0.2) is 0 Å². The van der Waals surface area contributed by atoms with Crippen molar-refractivity contribution < 1.29 is 14.3 Å². The van der Waals surface area contributed by atoms with Crippen LogP contribution in [0.1, 0.15) is 36.9 Å². The Morgan fingerprint density at radius 3 is 2.85 bits per heavy atom. The second kappa shape index (κ2) is 7.64. The lowest BCUT2D eigenvalue weighted by Gasteiger charge is -2.47. The zero-order valence-electron chi connectivity index (χ0n) is 15.5. The molecule has 6 heteroatoms. The van der Waals surface area contributed by atoms with Crippen molar-refractivity contribution in [3.63, 3.8) is 0 Å². The van der Waals surface area contributed by atoms with Crippen LogP contribution in [0.2, 0.25) is 0 Å². The molecule has 1 aromatic rings. The van der Waals surface area contributed by atoms with E-state index >= 15 is 0 Å². The molecule has 2 heterocycles. The predicted octanol–water partition coefficient (Wildman–Crippen LogP) is 1.32. The fraction of sp³-hybridized carbons (Fsp3) is 0.650. The van der Waals surface area contributed by atoms with Crippen molar-refractivity contribution in [1.29, 1.82) is 0 Å². The average Bonchev–Trinajstić information content (AvgIpc) is 3.32. The molecular formula is C20H29N3O3. The summed E-state index contributed by atoms with van der Waals surface area (Å²) in [6.45, 7) is 3.58. The Morgan fingerprint density at radius 2 is 2.12 bits per heavy atom. The van der Waals surface area contributed by atoms with Gasteiger partial charge in [-0.05, 0) is 30.4 Å². The third-order valence-corrected chi connectivity index (χ3v) is 6.21. The van der Waals surface area contributed by atoms with Gasteiger partial charge in [-0.1, -0.05) is 31.2 Å². The van der Waals surface area contributed by atoms with Gasteiger partial charge in [0.25, 0.3) is 0 Å². The molecule has 142 valence electrons. The maximum Gasteiger partial charge on any atom is 0.238 e. The van der Waals surface area contributed by atoms with Crippen molar-refractivity contribution in [2.75, 3.05) is 20.3 Å². The highest BCUT2D eigenvalue weighted by atomic mass is 16.5. The molecule has 3 fully saturated rings. The van der Waals surface area contributed by atoms with Gasteiger partial charge in [0.2, 0.25) is 5.91 Å². The van der Waals surface area contributed by atoms with Crippen LogP contribution in [0.4, 0.5) is 0 Å². The Kier molecular flexibility index (Phi) is 5.27. The molecule has 0 radical (unpaired) electrons. The van der Waals surface area contributed by atoms with E-state index < -0.39 is 0 Å². The molecule has 2 aliphatic heterocycles. The second-order valence-electron chi connectivity index (χ2n) is 7.67. The smallest absolute Gasteiger partial charge is 0.238 e. The Bertz CT molecular complexity index is 636. The van der Waals surface area contributed by atoms with Crippen LogP contribution in [-0.4, -0.2) is 44.4 Å². The van der Waals surface area contributed by atoms with Crippen LogP contribution in [0.25, 0.3) is 0 Å². The monoisotopic (exact) mass is 359 g/mol. The highest BCUT2D eigenvalue weighted by molar-refractivity contribution is 5.82. The molecule has 2 unspecified atom stereocenters.